The minimum Gasteiger partial charge on any atom is -0.412 e. The summed E-state index contributed by atoms with van der Waals surface area (Å²) in [7, 11) is -1.83. The quantitative estimate of drug-likeness (QED) is 0.377. The van der Waals surface area contributed by atoms with E-state index < -0.39 is 8.32 Å². The monoisotopic (exact) mass is 388 g/mol. The number of hydrogen-bond donors (Lipinski definition) is 0. The van der Waals surface area contributed by atoms with E-state index in [1.807, 2.05) is 0 Å². The Hall–Kier alpha value is 0.287. The van der Waals surface area contributed by atoms with Crippen molar-refractivity contribution in [2.75, 3.05) is 18.1 Å². The van der Waals surface area contributed by atoms with Crippen LogP contribution in [0.25, 0.3) is 0 Å². The molecule has 0 amide bonds. The molecule has 1 saturated heterocycles. The van der Waals surface area contributed by atoms with Crippen LogP contribution in [-0.2, 0) is 9.22 Å². The van der Waals surface area contributed by atoms with Gasteiger partial charge in [-0.2, -0.15) is 0 Å². The van der Waals surface area contributed by atoms with Crippen molar-refractivity contribution in [2.45, 2.75) is 70.2 Å². The molecule has 24 heavy (non-hydrogen) atoms. The third-order valence-electron chi connectivity index (χ3n) is 5.25. The summed E-state index contributed by atoms with van der Waals surface area (Å²) in [5.74, 6) is 3.31. The van der Waals surface area contributed by atoms with Crippen molar-refractivity contribution in [1.29, 1.82) is 0 Å². The smallest absolute Gasteiger partial charge is 0.192 e. The van der Waals surface area contributed by atoms with E-state index in [0.717, 1.165) is 6.42 Å². The summed E-state index contributed by atoms with van der Waals surface area (Å²) in [6, 6.07) is 0. The zero-order chi connectivity index (χ0) is 18.5. The number of carbonyl (C=O) groups is 1. The second-order valence-electron chi connectivity index (χ2n) is 8.59. The van der Waals surface area contributed by atoms with Gasteiger partial charge in [0.15, 0.2) is 14.1 Å². The lowest BCUT2D eigenvalue weighted by molar-refractivity contribution is -0.119. The van der Waals surface area contributed by atoms with Gasteiger partial charge < -0.3 is 4.43 Å². The standard InChI is InChI=1S/C19H36O2S2Si/c1-14(12-15(2)18-22-10-9-11-23-18)17(20)16(3)13-21-24(7,8)19(4,5)6/h14-15,18H,3,9-13H2,1-2,4-8H3/t14-,15+/m0/s1. The molecule has 0 unspecified atom stereocenters. The minimum absolute atomic E-state index is 0.0404. The molecule has 0 aliphatic carbocycles. The summed E-state index contributed by atoms with van der Waals surface area (Å²) in [6.07, 6.45) is 2.26. The molecule has 0 bridgehead atoms. The molecule has 1 heterocycles. The van der Waals surface area contributed by atoms with Gasteiger partial charge in [-0.05, 0) is 48.4 Å². The summed E-state index contributed by atoms with van der Waals surface area (Å²) in [6.45, 7) is 19.8. The van der Waals surface area contributed by atoms with Gasteiger partial charge in [-0.25, -0.2) is 0 Å². The van der Waals surface area contributed by atoms with E-state index in [1.165, 1.54) is 17.9 Å². The largest absolute Gasteiger partial charge is 0.412 e. The zero-order valence-corrected chi connectivity index (χ0v) is 19.2. The van der Waals surface area contributed by atoms with E-state index in [0.29, 0.717) is 22.7 Å². The van der Waals surface area contributed by atoms with Crippen molar-refractivity contribution in [3.63, 3.8) is 0 Å². The number of rotatable bonds is 8. The van der Waals surface area contributed by atoms with Crippen molar-refractivity contribution in [1.82, 2.24) is 0 Å². The first-order valence-electron chi connectivity index (χ1n) is 9.05. The second kappa shape index (κ2) is 9.29. The van der Waals surface area contributed by atoms with E-state index in [2.05, 4.69) is 77.8 Å². The highest BCUT2D eigenvalue weighted by Crippen LogP contribution is 2.39. The van der Waals surface area contributed by atoms with Gasteiger partial charge in [0.2, 0.25) is 0 Å². The molecule has 0 saturated carbocycles. The molecule has 0 radical (unpaired) electrons. The van der Waals surface area contributed by atoms with E-state index >= 15 is 0 Å². The molecule has 1 aliphatic rings. The van der Waals surface area contributed by atoms with Crippen LogP contribution in [0.4, 0.5) is 0 Å². The van der Waals surface area contributed by atoms with Crippen molar-refractivity contribution in [3.05, 3.63) is 12.2 Å². The fourth-order valence-electron chi connectivity index (χ4n) is 2.51. The Bertz CT molecular complexity index is 437. The SMILES string of the molecule is C=C(CO[Si](C)(C)C(C)(C)C)C(=O)[C@@H](C)C[C@@H](C)C1SCCCS1. The minimum atomic E-state index is -1.83. The first-order chi connectivity index (χ1) is 11.0. The molecule has 1 aliphatic heterocycles. The zero-order valence-electron chi connectivity index (χ0n) is 16.6. The van der Waals surface area contributed by atoms with Gasteiger partial charge >= 0.3 is 0 Å². The number of carbonyl (C=O) groups excluding carboxylic acids is 1. The van der Waals surface area contributed by atoms with Crippen LogP contribution in [0.2, 0.25) is 18.1 Å². The molecule has 0 aromatic rings. The van der Waals surface area contributed by atoms with Gasteiger partial charge in [-0.15, -0.1) is 23.5 Å². The molecule has 0 aromatic heterocycles. The molecular weight excluding hydrogens is 352 g/mol. The fraction of sp³-hybridized carbons (Fsp3) is 0.842. The Morgan fingerprint density at radius 2 is 1.79 bits per heavy atom. The third kappa shape index (κ3) is 6.54. The predicted molar refractivity (Wildman–Crippen MR) is 114 cm³/mol. The summed E-state index contributed by atoms with van der Waals surface area (Å²) >= 11 is 4.12. The van der Waals surface area contributed by atoms with E-state index in [9.17, 15) is 4.79 Å². The van der Waals surface area contributed by atoms with Crippen LogP contribution >= 0.6 is 23.5 Å². The summed E-state index contributed by atoms with van der Waals surface area (Å²) in [4.78, 5) is 12.7. The lowest BCUT2D eigenvalue weighted by atomic mass is 9.92. The maximum Gasteiger partial charge on any atom is 0.192 e. The van der Waals surface area contributed by atoms with Gasteiger partial charge in [0.1, 0.15) is 0 Å². The van der Waals surface area contributed by atoms with Crippen molar-refractivity contribution in [2.24, 2.45) is 11.8 Å². The van der Waals surface area contributed by atoms with E-state index in [1.54, 1.807) is 0 Å². The Balaban J connectivity index is 2.48. The Kier molecular flexibility index (Phi) is 8.64. The molecule has 0 aromatic carbocycles. The number of ketones is 1. The van der Waals surface area contributed by atoms with Crippen LogP contribution < -0.4 is 0 Å². The van der Waals surface area contributed by atoms with Gasteiger partial charge in [0.05, 0.1) is 11.2 Å². The molecule has 5 heteroatoms. The normalized spacial score (nSPS) is 19.8. The highest BCUT2D eigenvalue weighted by molar-refractivity contribution is 8.17. The van der Waals surface area contributed by atoms with Crippen LogP contribution in [0.15, 0.2) is 12.2 Å². The van der Waals surface area contributed by atoms with Crippen molar-refractivity contribution in [3.8, 4) is 0 Å². The topological polar surface area (TPSA) is 26.3 Å². The predicted octanol–water partition coefficient (Wildman–Crippen LogP) is 5.99. The molecule has 1 rings (SSSR count). The van der Waals surface area contributed by atoms with Gasteiger partial charge in [0, 0.05) is 11.5 Å². The Morgan fingerprint density at radius 3 is 2.29 bits per heavy atom. The van der Waals surface area contributed by atoms with Gasteiger partial charge in [-0.3, -0.25) is 4.79 Å². The lowest BCUT2D eigenvalue weighted by Crippen LogP contribution is -2.41. The molecule has 0 spiro atoms. The maximum atomic E-state index is 12.7. The highest BCUT2D eigenvalue weighted by atomic mass is 32.2. The molecular formula is C19H36O2S2Si. The van der Waals surface area contributed by atoms with Crippen LogP contribution in [0.5, 0.6) is 0 Å². The molecule has 0 N–H and O–H groups in total. The summed E-state index contributed by atoms with van der Waals surface area (Å²) in [5.41, 5.74) is 0.642. The third-order valence-corrected chi connectivity index (χ3v) is 13.2. The van der Waals surface area contributed by atoms with Crippen LogP contribution in [0.1, 0.15) is 47.5 Å². The first kappa shape index (κ1) is 22.3. The molecule has 2 nitrogen and oxygen atoms in total. The number of Topliss-reactive ketones (excluding diaryl/α,β-unsaturated/α-hetero) is 1. The fourth-order valence-corrected chi connectivity index (χ4v) is 6.59. The van der Waals surface area contributed by atoms with Gasteiger partial charge in [-0.1, -0.05) is 41.2 Å². The summed E-state index contributed by atoms with van der Waals surface area (Å²) < 4.78 is 6.80. The maximum absolute atomic E-state index is 12.7. The molecule has 140 valence electrons. The van der Waals surface area contributed by atoms with Crippen molar-refractivity contribution >= 4 is 37.6 Å². The van der Waals surface area contributed by atoms with Crippen LogP contribution in [0.3, 0.4) is 0 Å². The number of hydrogen-bond acceptors (Lipinski definition) is 4. The van der Waals surface area contributed by atoms with E-state index in [-0.39, 0.29) is 16.7 Å². The molecule has 1 fully saturated rings. The van der Waals surface area contributed by atoms with Crippen LogP contribution in [0, 0.1) is 11.8 Å². The number of thioether (sulfide) groups is 2. The highest BCUT2D eigenvalue weighted by Gasteiger charge is 2.37. The van der Waals surface area contributed by atoms with Crippen molar-refractivity contribution < 1.29 is 9.22 Å². The lowest BCUT2D eigenvalue weighted by Gasteiger charge is -2.36. The average Bonchev–Trinajstić information content (AvgIpc) is 2.51. The first-order valence-corrected chi connectivity index (χ1v) is 14.1. The average molecular weight is 389 g/mol. The Labute approximate surface area is 159 Å². The van der Waals surface area contributed by atoms with Gasteiger partial charge in [0.25, 0.3) is 0 Å². The second-order valence-corrected chi connectivity index (χ2v) is 16.2. The van der Waals surface area contributed by atoms with E-state index in [4.69, 9.17) is 4.43 Å². The summed E-state index contributed by atoms with van der Waals surface area (Å²) in [5, 5.41) is 0.159. The van der Waals surface area contributed by atoms with Crippen LogP contribution in [-0.4, -0.2) is 36.8 Å². The Morgan fingerprint density at radius 1 is 1.25 bits per heavy atom. The molecule has 2 atom stereocenters.